The largest absolute Gasteiger partial charge is 0.289 e. The number of hydrogen-bond donors (Lipinski definition) is 1. The van der Waals surface area contributed by atoms with Gasteiger partial charge in [0.05, 0.1) is 6.04 Å². The molecule has 10 heavy (non-hydrogen) atoms. The summed E-state index contributed by atoms with van der Waals surface area (Å²) < 4.78 is 0. The van der Waals surface area contributed by atoms with Crippen LogP contribution < -0.4 is 0 Å². The zero-order valence-corrected chi connectivity index (χ0v) is 6.83. The minimum atomic E-state index is 0.267. The molecule has 58 valence electrons. The Kier molecular flexibility index (Phi) is 2.00. The first-order valence-corrected chi connectivity index (χ1v) is 3.75. The van der Waals surface area contributed by atoms with E-state index in [4.69, 9.17) is 0 Å². The monoisotopic (exact) mass is 141 g/mol. The molecule has 0 aromatic rings. The number of allylic oxidation sites excluding steroid dienone is 1. The molecule has 0 saturated carbocycles. The fraction of sp³-hybridized carbons (Fsp3) is 0.750. The van der Waals surface area contributed by atoms with E-state index in [9.17, 15) is 5.21 Å². The molecule has 0 fully saturated rings. The van der Waals surface area contributed by atoms with Crippen LogP contribution in [0.3, 0.4) is 0 Å². The van der Waals surface area contributed by atoms with Gasteiger partial charge in [-0.25, -0.2) is 0 Å². The molecule has 0 aliphatic carbocycles. The minimum absolute atomic E-state index is 0.267. The van der Waals surface area contributed by atoms with Gasteiger partial charge >= 0.3 is 0 Å². The van der Waals surface area contributed by atoms with Crippen molar-refractivity contribution in [3.63, 3.8) is 0 Å². The lowest BCUT2D eigenvalue weighted by Crippen LogP contribution is -2.34. The van der Waals surface area contributed by atoms with Gasteiger partial charge < -0.3 is 0 Å². The molecule has 0 aromatic carbocycles. The van der Waals surface area contributed by atoms with E-state index < -0.39 is 0 Å². The van der Waals surface area contributed by atoms with Crippen molar-refractivity contribution < 1.29 is 5.21 Å². The van der Waals surface area contributed by atoms with Crippen molar-refractivity contribution in [2.45, 2.75) is 33.2 Å². The number of nitrogens with zero attached hydrogens (tertiary/aromatic N) is 1. The third-order valence-electron chi connectivity index (χ3n) is 2.24. The lowest BCUT2D eigenvalue weighted by molar-refractivity contribution is -0.0954. The summed E-state index contributed by atoms with van der Waals surface area (Å²) in [7, 11) is 0. The van der Waals surface area contributed by atoms with Crippen LogP contribution in [0.5, 0.6) is 0 Å². The molecule has 2 heteroatoms. The van der Waals surface area contributed by atoms with Crippen molar-refractivity contribution in [2.24, 2.45) is 5.92 Å². The lowest BCUT2D eigenvalue weighted by atomic mass is 9.93. The Morgan fingerprint density at radius 2 is 2.20 bits per heavy atom. The van der Waals surface area contributed by atoms with Crippen LogP contribution >= 0.6 is 0 Å². The predicted molar refractivity (Wildman–Crippen MR) is 40.6 cm³/mol. The number of rotatable bonds is 0. The molecule has 1 heterocycles. The van der Waals surface area contributed by atoms with E-state index in [1.807, 2.05) is 20.0 Å². The molecule has 1 aliphatic heterocycles. The van der Waals surface area contributed by atoms with E-state index in [0.29, 0.717) is 5.92 Å². The maximum Gasteiger partial charge on any atom is 0.0556 e. The summed E-state index contributed by atoms with van der Waals surface area (Å²) in [5, 5.41) is 10.6. The highest BCUT2D eigenvalue weighted by Crippen LogP contribution is 2.23. The molecule has 1 rings (SSSR count). The first kappa shape index (κ1) is 7.61. The minimum Gasteiger partial charge on any atom is -0.289 e. The van der Waals surface area contributed by atoms with Crippen molar-refractivity contribution in [2.75, 3.05) is 0 Å². The molecule has 0 unspecified atom stereocenters. The Morgan fingerprint density at radius 3 is 2.70 bits per heavy atom. The van der Waals surface area contributed by atoms with Crippen molar-refractivity contribution in [3.05, 3.63) is 11.8 Å². The summed E-state index contributed by atoms with van der Waals surface area (Å²) in [6, 6.07) is 0.267. The van der Waals surface area contributed by atoms with Gasteiger partial charge in [-0.05, 0) is 26.2 Å². The highest BCUT2D eigenvalue weighted by molar-refractivity contribution is 5.03. The van der Waals surface area contributed by atoms with Gasteiger partial charge in [-0.1, -0.05) is 12.5 Å². The third kappa shape index (κ3) is 1.32. The Labute approximate surface area is 62.1 Å². The van der Waals surface area contributed by atoms with E-state index in [2.05, 4.69) is 6.92 Å². The van der Waals surface area contributed by atoms with Crippen LogP contribution in [0.15, 0.2) is 11.8 Å². The summed E-state index contributed by atoms with van der Waals surface area (Å²) >= 11 is 0. The summed E-state index contributed by atoms with van der Waals surface area (Å²) in [4.78, 5) is 0. The van der Waals surface area contributed by atoms with Gasteiger partial charge in [0.1, 0.15) is 0 Å². The second-order valence-corrected chi connectivity index (χ2v) is 3.28. The van der Waals surface area contributed by atoms with Gasteiger partial charge in [0.15, 0.2) is 0 Å². The Hall–Kier alpha value is -0.500. The SMILES string of the molecule is CC1=CN(O)[C@H](C)[C@H](C)C1. The van der Waals surface area contributed by atoms with Crippen LogP contribution in [0.1, 0.15) is 27.2 Å². The smallest absolute Gasteiger partial charge is 0.0556 e. The Bertz CT molecular complexity index is 153. The van der Waals surface area contributed by atoms with Crippen LogP contribution in [-0.2, 0) is 0 Å². The first-order chi connectivity index (χ1) is 4.61. The van der Waals surface area contributed by atoms with E-state index in [1.54, 1.807) is 0 Å². The fourth-order valence-electron chi connectivity index (χ4n) is 1.34. The average molecular weight is 141 g/mol. The maximum atomic E-state index is 9.28. The molecule has 0 radical (unpaired) electrons. The van der Waals surface area contributed by atoms with Gasteiger partial charge in [-0.15, -0.1) is 0 Å². The highest BCUT2D eigenvalue weighted by atomic mass is 16.5. The van der Waals surface area contributed by atoms with Crippen LogP contribution in [0.25, 0.3) is 0 Å². The molecule has 0 spiro atoms. The van der Waals surface area contributed by atoms with Crippen molar-refractivity contribution in [1.82, 2.24) is 5.06 Å². The standard InChI is InChI=1S/C8H15NO/c1-6-4-7(2)8(3)9(10)5-6/h5,7-8,10H,4H2,1-3H3/t7-,8-/m1/s1. The molecule has 2 nitrogen and oxygen atoms in total. The third-order valence-corrected chi connectivity index (χ3v) is 2.24. The molecular formula is C8H15NO. The molecule has 0 aromatic heterocycles. The van der Waals surface area contributed by atoms with Gasteiger partial charge in [0.25, 0.3) is 0 Å². The molecule has 1 aliphatic rings. The first-order valence-electron chi connectivity index (χ1n) is 3.75. The summed E-state index contributed by atoms with van der Waals surface area (Å²) in [5.41, 5.74) is 1.26. The fourth-order valence-corrected chi connectivity index (χ4v) is 1.34. The zero-order chi connectivity index (χ0) is 7.72. The summed E-state index contributed by atoms with van der Waals surface area (Å²) in [5.74, 6) is 0.565. The molecule has 0 saturated heterocycles. The van der Waals surface area contributed by atoms with Gasteiger partial charge in [0, 0.05) is 6.20 Å². The number of hydrogen-bond acceptors (Lipinski definition) is 2. The molecule has 0 bridgehead atoms. The molecule has 2 atom stereocenters. The van der Waals surface area contributed by atoms with Crippen LogP contribution in [0, 0.1) is 5.92 Å². The van der Waals surface area contributed by atoms with E-state index in [-0.39, 0.29) is 6.04 Å². The predicted octanol–water partition coefficient (Wildman–Crippen LogP) is 2.01. The maximum absolute atomic E-state index is 9.28. The second-order valence-electron chi connectivity index (χ2n) is 3.28. The second kappa shape index (κ2) is 2.62. The number of hydroxylamine groups is 2. The van der Waals surface area contributed by atoms with Gasteiger partial charge in [-0.2, -0.15) is 0 Å². The average Bonchev–Trinajstić information content (AvgIpc) is 1.82. The normalized spacial score (nSPS) is 34.0. The summed E-state index contributed by atoms with van der Waals surface area (Å²) in [6.07, 6.45) is 2.92. The molecule has 1 N–H and O–H groups in total. The summed E-state index contributed by atoms with van der Waals surface area (Å²) in [6.45, 7) is 6.24. The van der Waals surface area contributed by atoms with E-state index in [1.165, 1.54) is 10.6 Å². The quantitative estimate of drug-likeness (QED) is 0.557. The highest BCUT2D eigenvalue weighted by Gasteiger charge is 2.21. The molecule has 0 amide bonds. The topological polar surface area (TPSA) is 23.5 Å². The van der Waals surface area contributed by atoms with Crippen LogP contribution in [0.4, 0.5) is 0 Å². The van der Waals surface area contributed by atoms with Gasteiger partial charge in [-0.3, -0.25) is 10.3 Å². The Balaban J connectivity index is 2.69. The zero-order valence-electron chi connectivity index (χ0n) is 6.83. The lowest BCUT2D eigenvalue weighted by Gasteiger charge is -2.31. The van der Waals surface area contributed by atoms with Crippen molar-refractivity contribution in [3.8, 4) is 0 Å². The van der Waals surface area contributed by atoms with Crippen molar-refractivity contribution in [1.29, 1.82) is 0 Å². The van der Waals surface area contributed by atoms with Gasteiger partial charge in [0.2, 0.25) is 0 Å². The Morgan fingerprint density at radius 1 is 1.60 bits per heavy atom. The van der Waals surface area contributed by atoms with Crippen LogP contribution in [0.2, 0.25) is 0 Å². The molecular weight excluding hydrogens is 126 g/mol. The van der Waals surface area contributed by atoms with Crippen LogP contribution in [-0.4, -0.2) is 16.3 Å². The van der Waals surface area contributed by atoms with Crippen molar-refractivity contribution >= 4 is 0 Å². The van der Waals surface area contributed by atoms with E-state index >= 15 is 0 Å². The van der Waals surface area contributed by atoms with E-state index in [0.717, 1.165) is 6.42 Å².